The molecule has 5 nitrogen and oxygen atoms in total. The van der Waals surface area contributed by atoms with Crippen LogP contribution in [0.4, 0.5) is 0 Å². The molecule has 0 saturated heterocycles. The molecule has 0 radical (unpaired) electrons. The van der Waals surface area contributed by atoms with Crippen LogP contribution in [0.25, 0.3) is 83.3 Å². The first-order chi connectivity index (χ1) is 28.5. The minimum absolute atomic E-state index is 0. The van der Waals surface area contributed by atoms with Gasteiger partial charge < -0.3 is 5.11 Å². The van der Waals surface area contributed by atoms with Crippen molar-refractivity contribution in [3.8, 4) is 56.3 Å². The summed E-state index contributed by atoms with van der Waals surface area (Å²) in [7, 11) is 0. The zero-order valence-corrected chi connectivity index (χ0v) is 38.6. The fourth-order valence-corrected chi connectivity index (χ4v) is 8.23. The Morgan fingerprint density at radius 3 is 2.02 bits per heavy atom. The number of hydrogen-bond donors (Lipinski definition) is 1. The van der Waals surface area contributed by atoms with Crippen molar-refractivity contribution in [3.63, 3.8) is 0 Å². The Morgan fingerprint density at radius 1 is 0.574 bits per heavy atom. The molecule has 3 heterocycles. The number of aromatic hydroxyl groups is 1. The molecule has 0 aliphatic rings. The van der Waals surface area contributed by atoms with Crippen molar-refractivity contribution in [3.05, 3.63) is 163 Å². The summed E-state index contributed by atoms with van der Waals surface area (Å²) in [6.45, 7) is 19.8. The molecule has 0 bridgehead atoms. The van der Waals surface area contributed by atoms with E-state index in [1.807, 2.05) is 24.5 Å². The Morgan fingerprint density at radius 2 is 1.28 bits per heavy atom. The summed E-state index contributed by atoms with van der Waals surface area (Å²) in [5.41, 5.74) is 12.7. The molecule has 0 spiro atoms. The van der Waals surface area contributed by atoms with Crippen LogP contribution >= 0.6 is 0 Å². The number of imidazole rings is 1. The summed E-state index contributed by atoms with van der Waals surface area (Å²) >= 11 is 0. The number of nitrogens with zero attached hydrogens (tertiary/aromatic N) is 4. The molecular formula is C55H51N4OPt-. The molecule has 0 unspecified atom stereocenters. The van der Waals surface area contributed by atoms with Gasteiger partial charge in [-0.2, -0.15) is 0 Å². The van der Waals surface area contributed by atoms with Gasteiger partial charge in [-0.1, -0.05) is 158 Å². The fourth-order valence-electron chi connectivity index (χ4n) is 8.23. The van der Waals surface area contributed by atoms with E-state index in [9.17, 15) is 5.11 Å². The van der Waals surface area contributed by atoms with E-state index < -0.39 is 0 Å². The quantitative estimate of drug-likeness (QED) is 0.138. The largest absolute Gasteiger partial charge is 0.507 e. The van der Waals surface area contributed by atoms with Crippen molar-refractivity contribution < 1.29 is 26.2 Å². The standard InChI is InChI=1S/C55H51N4O.Pt/c1-53(2,3)39-27-37(26-38(28-39)47-29-35(24-25-56-47)34-16-11-10-12-17-34)43-20-15-21-49-50(43)58-52(45-30-40(54(4,5)6)31-46(51(45)60)55(7,8)9)59(49)41-22-23-44-42-19-14-13-18-36(42)33-57-48(44)32-41;/h10-25,27-33,60H,1-9H3;/q-1;. The van der Waals surface area contributed by atoms with E-state index in [2.05, 4.69) is 188 Å². The second-order valence-electron chi connectivity index (χ2n) is 19.2. The van der Waals surface area contributed by atoms with Gasteiger partial charge in [0.25, 0.3) is 0 Å². The molecule has 61 heavy (non-hydrogen) atoms. The molecule has 0 aliphatic carbocycles. The topological polar surface area (TPSA) is 63.8 Å². The molecule has 9 aromatic rings. The number of para-hydroxylation sites is 1. The number of benzene rings is 6. The van der Waals surface area contributed by atoms with Crippen molar-refractivity contribution in [1.82, 2.24) is 19.5 Å². The van der Waals surface area contributed by atoms with Gasteiger partial charge in [0.15, 0.2) is 0 Å². The summed E-state index contributed by atoms with van der Waals surface area (Å²) in [5.74, 6) is 0.905. The van der Waals surface area contributed by atoms with Gasteiger partial charge in [-0.15, -0.1) is 29.3 Å². The fraction of sp³-hybridized carbons (Fsp3) is 0.218. The number of hydrogen-bond acceptors (Lipinski definition) is 4. The van der Waals surface area contributed by atoms with E-state index in [1.54, 1.807) is 0 Å². The van der Waals surface area contributed by atoms with Crippen LogP contribution in [0.1, 0.15) is 79.0 Å². The van der Waals surface area contributed by atoms with Crippen molar-refractivity contribution in [2.24, 2.45) is 0 Å². The van der Waals surface area contributed by atoms with Gasteiger partial charge in [0.05, 0.1) is 22.1 Å². The number of phenolic OH excluding ortho intramolecular Hbond substituents is 1. The normalized spacial score (nSPS) is 12.3. The van der Waals surface area contributed by atoms with E-state index in [4.69, 9.17) is 15.0 Å². The van der Waals surface area contributed by atoms with Crippen molar-refractivity contribution in [1.29, 1.82) is 0 Å². The maximum atomic E-state index is 12.4. The van der Waals surface area contributed by atoms with E-state index in [0.29, 0.717) is 11.4 Å². The molecule has 6 aromatic carbocycles. The Bertz CT molecular complexity index is 3110. The minimum Gasteiger partial charge on any atom is -0.507 e. The summed E-state index contributed by atoms with van der Waals surface area (Å²) in [4.78, 5) is 15.4. The van der Waals surface area contributed by atoms with Gasteiger partial charge in [0.2, 0.25) is 0 Å². The van der Waals surface area contributed by atoms with Gasteiger partial charge >= 0.3 is 0 Å². The molecule has 0 fully saturated rings. The van der Waals surface area contributed by atoms with Gasteiger partial charge in [-0.05, 0) is 68.7 Å². The van der Waals surface area contributed by atoms with Crippen molar-refractivity contribution >= 4 is 32.7 Å². The average Bonchev–Trinajstić information content (AvgIpc) is 3.62. The third-order valence-corrected chi connectivity index (χ3v) is 11.7. The smallest absolute Gasteiger partial charge is 0.148 e. The molecule has 3 aromatic heterocycles. The number of fused-ring (bicyclic) bond motifs is 4. The maximum Gasteiger partial charge on any atom is 0.148 e. The molecule has 0 saturated carbocycles. The van der Waals surface area contributed by atoms with Crippen LogP contribution in [0.15, 0.2) is 140 Å². The third-order valence-electron chi connectivity index (χ3n) is 11.7. The van der Waals surface area contributed by atoms with Gasteiger partial charge in [-0.3, -0.25) is 14.5 Å². The Kier molecular flexibility index (Phi) is 10.6. The second-order valence-corrected chi connectivity index (χ2v) is 19.2. The van der Waals surface area contributed by atoms with Crippen molar-refractivity contribution in [2.45, 2.75) is 78.6 Å². The molecule has 9 rings (SSSR count). The summed E-state index contributed by atoms with van der Waals surface area (Å²) in [6, 6.07) is 48.4. The van der Waals surface area contributed by atoms with E-state index >= 15 is 0 Å². The SMILES string of the molecule is CC(C)(C)c1cc(-c2cc(-c3ccccc3)ccn2)[c-]c(-c2cccc3c2nc(-c2cc(C(C)(C)C)cc(C(C)(C)C)c2O)n3-c2ccc3c(c2)ncc2ccccc23)c1.[Pt]. The molecule has 0 atom stereocenters. The monoisotopic (exact) mass is 978 g/mol. The second kappa shape index (κ2) is 15.5. The Hall–Kier alpha value is -5.90. The van der Waals surface area contributed by atoms with Crippen LogP contribution < -0.4 is 0 Å². The Balaban J connectivity index is 0.00000514. The van der Waals surface area contributed by atoms with Gasteiger partial charge in [0, 0.05) is 61.2 Å². The predicted molar refractivity (Wildman–Crippen MR) is 250 cm³/mol. The van der Waals surface area contributed by atoms with E-state index in [0.717, 1.165) is 83.0 Å². The molecular weight excluding hydrogens is 928 g/mol. The van der Waals surface area contributed by atoms with Crippen LogP contribution in [0, 0.1) is 6.07 Å². The maximum absolute atomic E-state index is 12.4. The Labute approximate surface area is 373 Å². The summed E-state index contributed by atoms with van der Waals surface area (Å²) in [6.07, 6.45) is 3.83. The number of rotatable bonds is 5. The first-order valence-corrected chi connectivity index (χ1v) is 20.8. The summed E-state index contributed by atoms with van der Waals surface area (Å²) < 4.78 is 2.20. The predicted octanol–water partition coefficient (Wildman–Crippen LogP) is 14.2. The third kappa shape index (κ3) is 7.81. The molecule has 308 valence electrons. The van der Waals surface area contributed by atoms with Crippen LogP contribution in [0.5, 0.6) is 5.75 Å². The van der Waals surface area contributed by atoms with Gasteiger partial charge in [-0.25, -0.2) is 4.98 Å². The number of aromatic nitrogens is 4. The zero-order chi connectivity index (χ0) is 42.1. The zero-order valence-electron chi connectivity index (χ0n) is 36.3. The molecule has 0 aliphatic heterocycles. The minimum atomic E-state index is -0.319. The van der Waals surface area contributed by atoms with Crippen molar-refractivity contribution in [2.75, 3.05) is 0 Å². The number of pyridine rings is 2. The summed E-state index contributed by atoms with van der Waals surface area (Å²) in [5, 5.41) is 15.7. The first kappa shape index (κ1) is 41.8. The van der Waals surface area contributed by atoms with Crippen LogP contribution in [0.2, 0.25) is 0 Å². The van der Waals surface area contributed by atoms with E-state index in [1.165, 1.54) is 5.56 Å². The first-order valence-electron chi connectivity index (χ1n) is 20.8. The van der Waals surface area contributed by atoms with Gasteiger partial charge in [0.1, 0.15) is 11.6 Å². The molecule has 1 N–H and O–H groups in total. The number of phenols is 1. The molecule has 6 heteroatoms. The van der Waals surface area contributed by atoms with Crippen LogP contribution in [-0.4, -0.2) is 24.6 Å². The van der Waals surface area contributed by atoms with Crippen LogP contribution in [-0.2, 0) is 37.3 Å². The average molecular weight is 979 g/mol. The van der Waals surface area contributed by atoms with E-state index in [-0.39, 0.29) is 43.1 Å². The molecule has 0 amide bonds. The van der Waals surface area contributed by atoms with Crippen LogP contribution in [0.3, 0.4) is 0 Å².